The van der Waals surface area contributed by atoms with Gasteiger partial charge < -0.3 is 10.1 Å². The molecule has 3 atom stereocenters. The highest BCUT2D eigenvalue weighted by Crippen LogP contribution is 2.40. The van der Waals surface area contributed by atoms with Crippen LogP contribution in [-0.4, -0.2) is 24.3 Å². The van der Waals surface area contributed by atoms with Crippen LogP contribution in [0.1, 0.15) is 71.1 Å². The second-order valence-electron chi connectivity index (χ2n) is 6.86. The van der Waals surface area contributed by atoms with Gasteiger partial charge >= 0.3 is 0 Å². The van der Waals surface area contributed by atoms with E-state index >= 15 is 0 Å². The Hall–Kier alpha value is -0.0800. The van der Waals surface area contributed by atoms with Crippen molar-refractivity contribution >= 4 is 0 Å². The maximum Gasteiger partial charge on any atom is 0.0810 e. The molecular formula is C16H29NO. The van der Waals surface area contributed by atoms with E-state index in [0.29, 0.717) is 12.1 Å². The molecule has 1 spiro atoms. The van der Waals surface area contributed by atoms with Gasteiger partial charge in [-0.3, -0.25) is 0 Å². The lowest BCUT2D eigenvalue weighted by molar-refractivity contribution is -0.164. The first-order valence-corrected chi connectivity index (χ1v) is 8.22. The number of rotatable bonds is 2. The zero-order valence-corrected chi connectivity index (χ0v) is 11.9. The first kappa shape index (κ1) is 12.9. The summed E-state index contributed by atoms with van der Waals surface area (Å²) in [4.78, 5) is 0. The third kappa shape index (κ3) is 2.60. The third-order valence-corrected chi connectivity index (χ3v) is 5.44. The summed E-state index contributed by atoms with van der Waals surface area (Å²) in [5, 5.41) is 3.84. The Labute approximate surface area is 112 Å². The fourth-order valence-corrected chi connectivity index (χ4v) is 4.43. The predicted molar refractivity (Wildman–Crippen MR) is 74.7 cm³/mol. The van der Waals surface area contributed by atoms with Crippen molar-refractivity contribution in [3.63, 3.8) is 0 Å². The van der Waals surface area contributed by atoms with Crippen LogP contribution >= 0.6 is 0 Å². The van der Waals surface area contributed by atoms with Gasteiger partial charge in [-0.25, -0.2) is 0 Å². The molecule has 0 amide bonds. The molecule has 3 fully saturated rings. The molecule has 1 heterocycles. The van der Waals surface area contributed by atoms with Gasteiger partial charge in [0.1, 0.15) is 0 Å². The van der Waals surface area contributed by atoms with Crippen molar-refractivity contribution in [1.82, 2.24) is 5.32 Å². The normalized spacial score (nSPS) is 39.5. The van der Waals surface area contributed by atoms with Crippen LogP contribution in [-0.2, 0) is 4.74 Å². The molecule has 0 radical (unpaired) electrons. The minimum atomic E-state index is 0.219. The van der Waals surface area contributed by atoms with E-state index in [4.69, 9.17) is 4.74 Å². The molecule has 0 aromatic carbocycles. The van der Waals surface area contributed by atoms with E-state index in [1.807, 2.05) is 0 Å². The van der Waals surface area contributed by atoms with Gasteiger partial charge in [0.25, 0.3) is 0 Å². The number of hydrogen-bond acceptors (Lipinski definition) is 2. The largest absolute Gasteiger partial charge is 0.369 e. The molecule has 1 aliphatic heterocycles. The van der Waals surface area contributed by atoms with E-state index in [9.17, 15) is 0 Å². The Morgan fingerprint density at radius 1 is 1.17 bits per heavy atom. The van der Waals surface area contributed by atoms with Gasteiger partial charge in [0, 0.05) is 12.6 Å². The minimum absolute atomic E-state index is 0.219. The molecule has 1 N–H and O–H groups in total. The van der Waals surface area contributed by atoms with E-state index in [-0.39, 0.29) is 5.60 Å². The van der Waals surface area contributed by atoms with E-state index in [1.54, 1.807) is 0 Å². The second kappa shape index (κ2) is 5.50. The molecule has 3 unspecified atom stereocenters. The standard InChI is InChI=1S/C16H29NO/c1-2-6-13-7-8-15-14(11-13)17-12-16(18-15)9-4-3-5-10-16/h13-15,17H,2-12H2,1H3. The van der Waals surface area contributed by atoms with Crippen LogP contribution < -0.4 is 5.32 Å². The van der Waals surface area contributed by atoms with Gasteiger partial charge in [-0.05, 0) is 38.0 Å². The Kier molecular flexibility index (Phi) is 3.95. The Bertz CT molecular complexity index is 272. The highest BCUT2D eigenvalue weighted by atomic mass is 16.5. The quantitative estimate of drug-likeness (QED) is 0.809. The number of fused-ring (bicyclic) bond motifs is 1. The molecule has 2 nitrogen and oxygen atoms in total. The molecule has 2 saturated carbocycles. The fraction of sp³-hybridized carbons (Fsp3) is 1.00. The zero-order valence-electron chi connectivity index (χ0n) is 11.9. The number of nitrogens with one attached hydrogen (secondary N) is 1. The number of morpholine rings is 1. The first-order chi connectivity index (χ1) is 8.81. The predicted octanol–water partition coefficient (Wildman–Crippen LogP) is 3.65. The molecule has 104 valence electrons. The van der Waals surface area contributed by atoms with Crippen molar-refractivity contribution in [2.24, 2.45) is 5.92 Å². The van der Waals surface area contributed by atoms with E-state index in [2.05, 4.69) is 12.2 Å². The van der Waals surface area contributed by atoms with E-state index in [1.165, 1.54) is 64.2 Å². The lowest BCUT2D eigenvalue weighted by atomic mass is 9.77. The second-order valence-corrected chi connectivity index (χ2v) is 6.86. The van der Waals surface area contributed by atoms with Crippen LogP contribution in [0.15, 0.2) is 0 Å². The van der Waals surface area contributed by atoms with E-state index < -0.39 is 0 Å². The highest BCUT2D eigenvalue weighted by molar-refractivity contribution is 4.98. The summed E-state index contributed by atoms with van der Waals surface area (Å²) in [6.07, 6.45) is 14.1. The van der Waals surface area contributed by atoms with Gasteiger partial charge in [0.15, 0.2) is 0 Å². The van der Waals surface area contributed by atoms with Gasteiger partial charge in [0.2, 0.25) is 0 Å². The molecule has 0 bridgehead atoms. The topological polar surface area (TPSA) is 21.3 Å². The van der Waals surface area contributed by atoms with Gasteiger partial charge in [0.05, 0.1) is 11.7 Å². The van der Waals surface area contributed by atoms with Crippen LogP contribution in [0.2, 0.25) is 0 Å². The summed E-state index contributed by atoms with van der Waals surface area (Å²) in [5.74, 6) is 0.952. The molecule has 0 aromatic rings. The van der Waals surface area contributed by atoms with Crippen molar-refractivity contribution < 1.29 is 4.74 Å². The summed E-state index contributed by atoms with van der Waals surface area (Å²) in [7, 11) is 0. The van der Waals surface area contributed by atoms with Crippen LogP contribution in [0.3, 0.4) is 0 Å². The highest BCUT2D eigenvalue weighted by Gasteiger charge is 2.43. The molecular weight excluding hydrogens is 222 g/mol. The summed E-state index contributed by atoms with van der Waals surface area (Å²) < 4.78 is 6.58. The molecule has 3 rings (SSSR count). The van der Waals surface area contributed by atoms with Crippen molar-refractivity contribution in [1.29, 1.82) is 0 Å². The summed E-state index contributed by atoms with van der Waals surface area (Å²) >= 11 is 0. The maximum atomic E-state index is 6.58. The lowest BCUT2D eigenvalue weighted by Crippen LogP contribution is -2.61. The summed E-state index contributed by atoms with van der Waals surface area (Å²) in [6, 6.07) is 0.655. The molecule has 3 aliphatic rings. The van der Waals surface area contributed by atoms with Crippen molar-refractivity contribution in [3.8, 4) is 0 Å². The molecule has 0 aromatic heterocycles. The Morgan fingerprint density at radius 2 is 2.00 bits per heavy atom. The van der Waals surface area contributed by atoms with Crippen molar-refractivity contribution in [3.05, 3.63) is 0 Å². The number of hydrogen-bond donors (Lipinski definition) is 1. The number of ether oxygens (including phenoxy) is 1. The third-order valence-electron chi connectivity index (χ3n) is 5.44. The van der Waals surface area contributed by atoms with Crippen LogP contribution in [0.4, 0.5) is 0 Å². The van der Waals surface area contributed by atoms with Gasteiger partial charge in [-0.1, -0.05) is 39.0 Å². The Morgan fingerprint density at radius 3 is 2.78 bits per heavy atom. The van der Waals surface area contributed by atoms with Gasteiger partial charge in [-0.15, -0.1) is 0 Å². The monoisotopic (exact) mass is 251 g/mol. The van der Waals surface area contributed by atoms with Crippen molar-refractivity contribution in [2.75, 3.05) is 6.54 Å². The van der Waals surface area contributed by atoms with Crippen LogP contribution in [0.25, 0.3) is 0 Å². The maximum absolute atomic E-state index is 6.58. The lowest BCUT2D eigenvalue weighted by Gasteiger charge is -2.50. The van der Waals surface area contributed by atoms with Gasteiger partial charge in [-0.2, -0.15) is 0 Å². The van der Waals surface area contributed by atoms with Crippen LogP contribution in [0.5, 0.6) is 0 Å². The first-order valence-electron chi connectivity index (χ1n) is 8.22. The Balaban J connectivity index is 1.58. The fourth-order valence-electron chi connectivity index (χ4n) is 4.43. The molecule has 2 heteroatoms. The van der Waals surface area contributed by atoms with E-state index in [0.717, 1.165) is 12.5 Å². The average Bonchev–Trinajstić information content (AvgIpc) is 2.40. The van der Waals surface area contributed by atoms with Crippen molar-refractivity contribution in [2.45, 2.75) is 88.9 Å². The SMILES string of the molecule is CCCC1CCC2OC3(CCCCC3)CNC2C1. The average molecular weight is 251 g/mol. The van der Waals surface area contributed by atoms with Crippen LogP contribution in [0, 0.1) is 5.92 Å². The summed E-state index contributed by atoms with van der Waals surface area (Å²) in [6.45, 7) is 3.43. The summed E-state index contributed by atoms with van der Waals surface area (Å²) in [5.41, 5.74) is 0.219. The molecule has 18 heavy (non-hydrogen) atoms. The molecule has 1 saturated heterocycles. The smallest absolute Gasteiger partial charge is 0.0810 e. The zero-order chi connectivity index (χ0) is 12.4. The minimum Gasteiger partial charge on any atom is -0.369 e. The molecule has 2 aliphatic carbocycles.